The molecule has 0 saturated heterocycles. The molecular formula is C14H10N2O. The number of hydrogen-bond acceptors (Lipinski definition) is 2. The lowest BCUT2D eigenvalue weighted by molar-refractivity contribution is 1.24. The number of nitrogens with zero attached hydrogens (tertiary/aromatic N) is 1. The summed E-state index contributed by atoms with van der Waals surface area (Å²) >= 11 is 0. The third-order valence-corrected chi connectivity index (χ3v) is 2.72. The average Bonchev–Trinajstić information content (AvgIpc) is 2.39. The van der Waals surface area contributed by atoms with Crippen LogP contribution in [0.5, 0.6) is 0 Å². The van der Waals surface area contributed by atoms with Gasteiger partial charge in [-0.15, -0.1) is 0 Å². The lowest BCUT2D eigenvalue weighted by Gasteiger charge is -2.02. The Morgan fingerprint density at radius 1 is 1.06 bits per heavy atom. The molecule has 1 N–H and O–H groups in total. The van der Waals surface area contributed by atoms with Crippen LogP contribution in [0.25, 0.3) is 22.0 Å². The van der Waals surface area contributed by atoms with Crippen molar-refractivity contribution < 1.29 is 0 Å². The Bertz CT molecular complexity index is 731. The second-order valence-corrected chi connectivity index (χ2v) is 3.83. The smallest absolute Gasteiger partial charge is 0.255 e. The summed E-state index contributed by atoms with van der Waals surface area (Å²) in [6.07, 6.45) is 3.35. The molecule has 0 bridgehead atoms. The number of H-pyrrole nitrogens is 1. The molecule has 2 heterocycles. The lowest BCUT2D eigenvalue weighted by Crippen LogP contribution is -2.06. The van der Waals surface area contributed by atoms with Crippen LogP contribution in [-0.2, 0) is 0 Å². The van der Waals surface area contributed by atoms with Crippen molar-refractivity contribution in [3.8, 4) is 11.1 Å². The monoisotopic (exact) mass is 222 g/mol. The highest BCUT2D eigenvalue weighted by Gasteiger charge is 2.03. The molecule has 0 unspecified atom stereocenters. The summed E-state index contributed by atoms with van der Waals surface area (Å²) in [4.78, 5) is 18.7. The Kier molecular flexibility index (Phi) is 2.22. The van der Waals surface area contributed by atoms with E-state index in [0.29, 0.717) is 5.56 Å². The molecule has 82 valence electrons. The van der Waals surface area contributed by atoms with Crippen molar-refractivity contribution in [2.45, 2.75) is 0 Å². The Hall–Kier alpha value is -2.42. The summed E-state index contributed by atoms with van der Waals surface area (Å²) < 4.78 is 0. The van der Waals surface area contributed by atoms with Gasteiger partial charge in [-0.05, 0) is 24.3 Å². The van der Waals surface area contributed by atoms with Crippen LogP contribution in [0, 0.1) is 0 Å². The molecule has 0 amide bonds. The average molecular weight is 222 g/mol. The van der Waals surface area contributed by atoms with Crippen LogP contribution in [0.2, 0.25) is 0 Å². The van der Waals surface area contributed by atoms with Gasteiger partial charge < -0.3 is 4.98 Å². The maximum Gasteiger partial charge on any atom is 0.255 e. The fourth-order valence-electron chi connectivity index (χ4n) is 1.87. The van der Waals surface area contributed by atoms with Crippen molar-refractivity contribution in [3.63, 3.8) is 0 Å². The van der Waals surface area contributed by atoms with E-state index in [1.54, 1.807) is 18.5 Å². The van der Waals surface area contributed by atoms with E-state index >= 15 is 0 Å². The number of rotatable bonds is 1. The Morgan fingerprint density at radius 2 is 1.94 bits per heavy atom. The largest absolute Gasteiger partial charge is 0.329 e. The summed E-state index contributed by atoms with van der Waals surface area (Å²) in [6.45, 7) is 0. The highest BCUT2D eigenvalue weighted by atomic mass is 16.1. The van der Waals surface area contributed by atoms with Gasteiger partial charge in [0.2, 0.25) is 0 Å². The van der Waals surface area contributed by atoms with Crippen LogP contribution in [0.4, 0.5) is 0 Å². The molecule has 0 radical (unpaired) electrons. The Morgan fingerprint density at radius 3 is 2.82 bits per heavy atom. The van der Waals surface area contributed by atoms with Crippen LogP contribution in [-0.4, -0.2) is 9.97 Å². The maximum atomic E-state index is 11.7. The second kappa shape index (κ2) is 3.87. The number of aromatic nitrogens is 2. The van der Waals surface area contributed by atoms with E-state index in [2.05, 4.69) is 9.97 Å². The van der Waals surface area contributed by atoms with Crippen LogP contribution in [0.15, 0.2) is 59.7 Å². The van der Waals surface area contributed by atoms with Gasteiger partial charge >= 0.3 is 0 Å². The maximum absolute atomic E-state index is 11.7. The first kappa shape index (κ1) is 9.78. The number of para-hydroxylation sites is 1. The van der Waals surface area contributed by atoms with Gasteiger partial charge in [0.25, 0.3) is 5.56 Å². The molecular weight excluding hydrogens is 212 g/mol. The van der Waals surface area contributed by atoms with Crippen molar-refractivity contribution in [1.29, 1.82) is 0 Å². The van der Waals surface area contributed by atoms with Gasteiger partial charge in [-0.1, -0.05) is 18.2 Å². The van der Waals surface area contributed by atoms with Gasteiger partial charge in [0, 0.05) is 28.9 Å². The lowest BCUT2D eigenvalue weighted by atomic mass is 10.1. The molecule has 3 aromatic rings. The number of nitrogens with one attached hydrogen (secondary N) is 1. The van der Waals surface area contributed by atoms with E-state index in [9.17, 15) is 4.79 Å². The molecule has 17 heavy (non-hydrogen) atoms. The third kappa shape index (κ3) is 1.72. The number of fused-ring (bicyclic) bond motifs is 1. The van der Waals surface area contributed by atoms with Crippen molar-refractivity contribution in [1.82, 2.24) is 9.97 Å². The summed E-state index contributed by atoms with van der Waals surface area (Å²) in [5.74, 6) is 0. The Labute approximate surface area is 97.8 Å². The van der Waals surface area contributed by atoms with E-state index in [1.807, 2.05) is 36.4 Å². The molecule has 0 aliphatic heterocycles. The third-order valence-electron chi connectivity index (χ3n) is 2.72. The standard InChI is InChI=1S/C14H10N2O/c17-14-12(5-3-7-15-14)11-8-10-4-1-2-6-13(10)16-9-11/h1-9H,(H,15,17). The van der Waals surface area contributed by atoms with E-state index in [0.717, 1.165) is 16.5 Å². The number of benzene rings is 1. The van der Waals surface area contributed by atoms with Crippen molar-refractivity contribution >= 4 is 10.9 Å². The van der Waals surface area contributed by atoms with E-state index in [1.165, 1.54) is 0 Å². The van der Waals surface area contributed by atoms with Crippen LogP contribution in [0.3, 0.4) is 0 Å². The number of pyridine rings is 2. The zero-order valence-corrected chi connectivity index (χ0v) is 9.05. The minimum absolute atomic E-state index is 0.0930. The Balaban J connectivity index is 2.25. The van der Waals surface area contributed by atoms with Gasteiger partial charge in [0.1, 0.15) is 0 Å². The van der Waals surface area contributed by atoms with E-state index in [-0.39, 0.29) is 5.56 Å². The molecule has 3 nitrogen and oxygen atoms in total. The van der Waals surface area contributed by atoms with E-state index < -0.39 is 0 Å². The molecule has 3 heteroatoms. The predicted molar refractivity (Wildman–Crippen MR) is 67.8 cm³/mol. The topological polar surface area (TPSA) is 45.8 Å². The summed E-state index contributed by atoms with van der Waals surface area (Å²) in [6, 6.07) is 13.4. The molecule has 2 aromatic heterocycles. The van der Waals surface area contributed by atoms with Gasteiger partial charge in [-0.25, -0.2) is 0 Å². The first-order valence-corrected chi connectivity index (χ1v) is 5.37. The first-order chi connectivity index (χ1) is 8.34. The molecule has 3 rings (SSSR count). The molecule has 0 saturated carbocycles. The van der Waals surface area contributed by atoms with Gasteiger partial charge in [-0.2, -0.15) is 0 Å². The summed E-state index contributed by atoms with van der Waals surface area (Å²) in [5, 5.41) is 1.04. The molecule has 0 fully saturated rings. The summed E-state index contributed by atoms with van der Waals surface area (Å²) in [5.41, 5.74) is 2.32. The normalized spacial score (nSPS) is 10.6. The number of aromatic amines is 1. The predicted octanol–water partition coefficient (Wildman–Crippen LogP) is 2.59. The highest BCUT2D eigenvalue weighted by molar-refractivity contribution is 5.83. The highest BCUT2D eigenvalue weighted by Crippen LogP contribution is 2.19. The van der Waals surface area contributed by atoms with Crippen molar-refractivity contribution in [3.05, 3.63) is 65.2 Å². The first-order valence-electron chi connectivity index (χ1n) is 5.37. The molecule has 0 atom stereocenters. The van der Waals surface area contributed by atoms with Crippen LogP contribution in [0.1, 0.15) is 0 Å². The fourth-order valence-corrected chi connectivity index (χ4v) is 1.87. The van der Waals surface area contributed by atoms with Crippen molar-refractivity contribution in [2.75, 3.05) is 0 Å². The molecule has 0 spiro atoms. The molecule has 1 aromatic carbocycles. The van der Waals surface area contributed by atoms with Gasteiger partial charge in [-0.3, -0.25) is 9.78 Å². The fraction of sp³-hybridized carbons (Fsp3) is 0. The summed E-state index contributed by atoms with van der Waals surface area (Å²) in [7, 11) is 0. The minimum Gasteiger partial charge on any atom is -0.329 e. The zero-order chi connectivity index (χ0) is 11.7. The molecule has 0 aliphatic rings. The zero-order valence-electron chi connectivity index (χ0n) is 9.05. The second-order valence-electron chi connectivity index (χ2n) is 3.83. The number of hydrogen-bond donors (Lipinski definition) is 1. The van der Waals surface area contributed by atoms with Crippen LogP contribution < -0.4 is 5.56 Å². The quantitative estimate of drug-likeness (QED) is 0.687. The minimum atomic E-state index is -0.0930. The van der Waals surface area contributed by atoms with E-state index in [4.69, 9.17) is 0 Å². The van der Waals surface area contributed by atoms with Gasteiger partial charge in [0.15, 0.2) is 0 Å². The molecule has 0 aliphatic carbocycles. The van der Waals surface area contributed by atoms with Crippen LogP contribution >= 0.6 is 0 Å². The SMILES string of the molecule is O=c1[nH]cccc1-c1cnc2ccccc2c1. The van der Waals surface area contributed by atoms with Crippen molar-refractivity contribution in [2.24, 2.45) is 0 Å². The van der Waals surface area contributed by atoms with Gasteiger partial charge in [0.05, 0.1) is 5.52 Å².